The second kappa shape index (κ2) is 11.9. The summed E-state index contributed by atoms with van der Waals surface area (Å²) in [6, 6.07) is 8.29. The van der Waals surface area contributed by atoms with Crippen LogP contribution < -0.4 is 20.3 Å². The molecule has 2 unspecified atom stereocenters. The van der Waals surface area contributed by atoms with Crippen LogP contribution in [0.4, 0.5) is 5.69 Å². The number of anilines is 1. The third-order valence-corrected chi connectivity index (χ3v) is 6.48. The maximum Gasteiger partial charge on any atom is 0.191 e. The smallest absolute Gasteiger partial charge is 0.191 e. The van der Waals surface area contributed by atoms with Gasteiger partial charge in [0.05, 0.1) is 12.8 Å². The zero-order valence-corrected chi connectivity index (χ0v) is 19.6. The first-order valence-corrected chi connectivity index (χ1v) is 10.9. The summed E-state index contributed by atoms with van der Waals surface area (Å²) in [5.74, 6) is 3.83. The summed E-state index contributed by atoms with van der Waals surface area (Å²) in [6.45, 7) is 7.04. The average molecular weight is 504 g/mol. The molecule has 0 amide bonds. The van der Waals surface area contributed by atoms with Crippen molar-refractivity contribution in [2.45, 2.75) is 31.4 Å². The summed E-state index contributed by atoms with van der Waals surface area (Å²) in [4.78, 5) is 7.28. The summed E-state index contributed by atoms with van der Waals surface area (Å²) in [5, 5.41) is 7.66. The predicted octanol–water partition coefficient (Wildman–Crippen LogP) is 3.59. The molecule has 0 saturated carbocycles. The van der Waals surface area contributed by atoms with E-state index in [1.165, 1.54) is 30.7 Å². The van der Waals surface area contributed by atoms with E-state index in [0.29, 0.717) is 5.92 Å². The van der Waals surface area contributed by atoms with Crippen LogP contribution in [0, 0.1) is 5.92 Å². The summed E-state index contributed by atoms with van der Waals surface area (Å²) < 4.78 is 5.51. The van der Waals surface area contributed by atoms with Crippen molar-refractivity contribution in [1.29, 1.82) is 0 Å². The van der Waals surface area contributed by atoms with E-state index in [2.05, 4.69) is 46.4 Å². The molecule has 2 saturated heterocycles. The van der Waals surface area contributed by atoms with Gasteiger partial charge in [0.25, 0.3) is 0 Å². The molecule has 1 aromatic carbocycles. The maximum absolute atomic E-state index is 5.51. The van der Waals surface area contributed by atoms with Gasteiger partial charge in [0.1, 0.15) is 5.75 Å². The van der Waals surface area contributed by atoms with Crippen molar-refractivity contribution in [3.8, 4) is 5.75 Å². The summed E-state index contributed by atoms with van der Waals surface area (Å²) in [7, 11) is 1.74. The number of thioether (sulfide) groups is 1. The summed E-state index contributed by atoms with van der Waals surface area (Å²) in [5.41, 5.74) is 1.20. The van der Waals surface area contributed by atoms with Gasteiger partial charge in [0.15, 0.2) is 5.96 Å². The average Bonchev–Trinajstić information content (AvgIpc) is 3.36. The van der Waals surface area contributed by atoms with Crippen LogP contribution in [0.15, 0.2) is 29.3 Å². The van der Waals surface area contributed by atoms with E-state index >= 15 is 0 Å². The molecule has 5 nitrogen and oxygen atoms in total. The van der Waals surface area contributed by atoms with Crippen LogP contribution in [0.3, 0.4) is 0 Å². The minimum Gasteiger partial charge on any atom is -0.495 e. The number of para-hydroxylation sites is 2. The minimum atomic E-state index is 0. The van der Waals surface area contributed by atoms with Crippen LogP contribution in [-0.2, 0) is 0 Å². The summed E-state index contributed by atoms with van der Waals surface area (Å²) >= 11 is 2.08. The number of ether oxygens (including phenoxy) is 1. The van der Waals surface area contributed by atoms with Gasteiger partial charge in [-0.1, -0.05) is 12.1 Å². The van der Waals surface area contributed by atoms with Gasteiger partial charge in [-0.25, -0.2) is 0 Å². The van der Waals surface area contributed by atoms with Crippen LogP contribution >= 0.6 is 35.7 Å². The highest BCUT2D eigenvalue weighted by molar-refractivity contribution is 14.0. The second-order valence-corrected chi connectivity index (χ2v) is 8.42. The molecule has 2 atom stereocenters. The molecule has 2 aliphatic heterocycles. The van der Waals surface area contributed by atoms with E-state index in [1.807, 2.05) is 12.1 Å². The highest BCUT2D eigenvalue weighted by Gasteiger charge is 2.24. The van der Waals surface area contributed by atoms with Gasteiger partial charge in [0.2, 0.25) is 0 Å². The largest absolute Gasteiger partial charge is 0.495 e. The Balaban J connectivity index is 0.00000261. The first kappa shape index (κ1) is 22.5. The van der Waals surface area contributed by atoms with Crippen molar-refractivity contribution in [3.63, 3.8) is 0 Å². The molecule has 0 radical (unpaired) electrons. The SMILES string of the molecule is CCNC(=NCC1CCN(c2ccccc2OC)C1)NCC1CCCS1.I. The van der Waals surface area contributed by atoms with Gasteiger partial charge in [0, 0.05) is 38.0 Å². The van der Waals surface area contributed by atoms with Crippen molar-refractivity contribution >= 4 is 47.4 Å². The number of guanidine groups is 1. The first-order chi connectivity index (χ1) is 12.8. The molecule has 2 heterocycles. The minimum absolute atomic E-state index is 0. The predicted molar refractivity (Wildman–Crippen MR) is 128 cm³/mol. The molecule has 2 N–H and O–H groups in total. The Bertz CT molecular complexity index is 595. The Morgan fingerprint density at radius 1 is 1.30 bits per heavy atom. The quantitative estimate of drug-likeness (QED) is 0.338. The number of halogens is 1. The Morgan fingerprint density at radius 3 is 2.89 bits per heavy atom. The number of nitrogens with one attached hydrogen (secondary N) is 2. The third kappa shape index (κ3) is 6.62. The highest BCUT2D eigenvalue weighted by Crippen LogP contribution is 2.32. The number of rotatable bonds is 7. The van der Waals surface area contributed by atoms with Crippen molar-refractivity contribution < 1.29 is 4.74 Å². The lowest BCUT2D eigenvalue weighted by molar-refractivity contribution is 0.414. The lowest BCUT2D eigenvalue weighted by Crippen LogP contribution is -2.40. The first-order valence-electron chi connectivity index (χ1n) is 9.82. The van der Waals surface area contributed by atoms with Gasteiger partial charge in [-0.15, -0.1) is 24.0 Å². The molecule has 0 bridgehead atoms. The lowest BCUT2D eigenvalue weighted by Gasteiger charge is -2.21. The van der Waals surface area contributed by atoms with Crippen molar-refractivity contribution in [2.24, 2.45) is 10.9 Å². The van der Waals surface area contributed by atoms with E-state index in [4.69, 9.17) is 9.73 Å². The number of benzene rings is 1. The number of methoxy groups -OCH3 is 1. The van der Waals surface area contributed by atoms with E-state index in [1.54, 1.807) is 7.11 Å². The van der Waals surface area contributed by atoms with E-state index in [9.17, 15) is 0 Å². The van der Waals surface area contributed by atoms with Crippen LogP contribution in [0.25, 0.3) is 0 Å². The number of hydrogen-bond donors (Lipinski definition) is 2. The Hall–Kier alpha value is -0.830. The zero-order chi connectivity index (χ0) is 18.2. The molecular formula is C20H33IN4OS. The van der Waals surface area contributed by atoms with E-state index < -0.39 is 0 Å². The van der Waals surface area contributed by atoms with Crippen molar-refractivity contribution in [1.82, 2.24) is 10.6 Å². The van der Waals surface area contributed by atoms with E-state index in [0.717, 1.165) is 49.7 Å². The fourth-order valence-electron chi connectivity index (χ4n) is 3.67. The molecule has 3 rings (SSSR count). The van der Waals surface area contributed by atoms with E-state index in [-0.39, 0.29) is 24.0 Å². The molecule has 0 aromatic heterocycles. The monoisotopic (exact) mass is 504 g/mol. The standard InChI is InChI=1S/C20H32N4OS.HI/c1-3-21-20(23-14-17-7-6-12-26-17)22-13-16-10-11-24(15-16)18-8-4-5-9-19(18)25-2;/h4-5,8-9,16-17H,3,6-7,10-15H2,1-2H3,(H2,21,22,23);1H. The highest BCUT2D eigenvalue weighted by atomic mass is 127. The van der Waals surface area contributed by atoms with Gasteiger partial charge in [-0.3, -0.25) is 4.99 Å². The lowest BCUT2D eigenvalue weighted by atomic mass is 10.1. The number of aliphatic imine (C=N–C) groups is 1. The normalized spacial score (nSPS) is 22.4. The molecular weight excluding hydrogens is 471 g/mol. The van der Waals surface area contributed by atoms with Crippen molar-refractivity contribution in [2.75, 3.05) is 50.5 Å². The Morgan fingerprint density at radius 2 is 2.15 bits per heavy atom. The van der Waals surface area contributed by atoms with Crippen LogP contribution in [0.1, 0.15) is 26.2 Å². The summed E-state index contributed by atoms with van der Waals surface area (Å²) in [6.07, 6.45) is 3.86. The Labute approximate surface area is 185 Å². The number of nitrogens with zero attached hydrogens (tertiary/aromatic N) is 2. The molecule has 2 fully saturated rings. The Kier molecular flexibility index (Phi) is 9.89. The van der Waals surface area contributed by atoms with Crippen LogP contribution in [0.2, 0.25) is 0 Å². The zero-order valence-electron chi connectivity index (χ0n) is 16.4. The molecule has 1 aromatic rings. The molecule has 27 heavy (non-hydrogen) atoms. The molecule has 7 heteroatoms. The van der Waals surface area contributed by atoms with Gasteiger partial charge >= 0.3 is 0 Å². The van der Waals surface area contributed by atoms with Gasteiger partial charge in [-0.05, 0) is 50.0 Å². The number of hydrogen-bond acceptors (Lipinski definition) is 4. The van der Waals surface area contributed by atoms with Gasteiger partial charge in [-0.2, -0.15) is 11.8 Å². The fraction of sp³-hybridized carbons (Fsp3) is 0.650. The van der Waals surface area contributed by atoms with Crippen LogP contribution in [-0.4, -0.2) is 56.8 Å². The fourth-order valence-corrected chi connectivity index (χ4v) is 4.87. The third-order valence-electron chi connectivity index (χ3n) is 5.08. The topological polar surface area (TPSA) is 48.9 Å². The second-order valence-electron chi connectivity index (χ2n) is 7.01. The molecule has 0 aliphatic carbocycles. The van der Waals surface area contributed by atoms with Crippen molar-refractivity contribution in [3.05, 3.63) is 24.3 Å². The molecule has 2 aliphatic rings. The molecule has 152 valence electrons. The van der Waals surface area contributed by atoms with Crippen LogP contribution in [0.5, 0.6) is 5.75 Å². The van der Waals surface area contributed by atoms with Gasteiger partial charge < -0.3 is 20.3 Å². The molecule has 0 spiro atoms. The maximum atomic E-state index is 5.51.